The summed E-state index contributed by atoms with van der Waals surface area (Å²) in [5.41, 5.74) is 0. The number of nitrogens with zero attached hydrogens (tertiary/aromatic N) is 1. The number of ketones is 1. The molecular formula is C12H19NO2. The lowest BCUT2D eigenvalue weighted by atomic mass is 9.76. The van der Waals surface area contributed by atoms with Crippen LogP contribution >= 0.6 is 0 Å². The molecule has 84 valence electrons. The smallest absolute Gasteiger partial charge is 0.147 e. The molecule has 15 heavy (non-hydrogen) atoms. The lowest BCUT2D eigenvalue weighted by Gasteiger charge is -2.31. The monoisotopic (exact) mass is 209 g/mol. The van der Waals surface area contributed by atoms with Crippen molar-refractivity contribution in [2.24, 2.45) is 23.7 Å². The zero-order valence-electron chi connectivity index (χ0n) is 9.39. The number of likely N-dealkylation sites (N-methyl/N-ethyl adjacent to an activating group) is 1. The maximum absolute atomic E-state index is 11.7. The third kappa shape index (κ3) is 1.16. The van der Waals surface area contributed by atoms with E-state index in [4.69, 9.17) is 0 Å². The van der Waals surface area contributed by atoms with Crippen LogP contribution in [-0.4, -0.2) is 41.5 Å². The van der Waals surface area contributed by atoms with Crippen molar-refractivity contribution >= 4 is 5.78 Å². The minimum absolute atomic E-state index is 0.0833. The van der Waals surface area contributed by atoms with Gasteiger partial charge in [-0.1, -0.05) is 0 Å². The summed E-state index contributed by atoms with van der Waals surface area (Å²) in [6.45, 7) is 2.75. The van der Waals surface area contributed by atoms with Gasteiger partial charge in [-0.25, -0.2) is 0 Å². The number of hydrogen-bond donors (Lipinski definition) is 1. The highest BCUT2D eigenvalue weighted by molar-refractivity contribution is 5.82. The normalized spacial score (nSPS) is 53.5. The molecule has 1 unspecified atom stereocenters. The second-order valence-corrected chi connectivity index (χ2v) is 5.70. The predicted molar refractivity (Wildman–Crippen MR) is 56.3 cm³/mol. The highest BCUT2D eigenvalue weighted by Gasteiger charge is 2.59. The van der Waals surface area contributed by atoms with E-state index in [1.165, 1.54) is 0 Å². The van der Waals surface area contributed by atoms with Crippen molar-refractivity contribution in [1.82, 2.24) is 4.90 Å². The molecule has 3 nitrogen and oxygen atoms in total. The Morgan fingerprint density at radius 1 is 1.33 bits per heavy atom. The fraction of sp³-hybridized carbons (Fsp3) is 0.917. The minimum Gasteiger partial charge on any atom is -0.393 e. The topological polar surface area (TPSA) is 40.5 Å². The zero-order chi connectivity index (χ0) is 10.7. The molecule has 3 rings (SSSR count). The minimum atomic E-state index is -0.135. The van der Waals surface area contributed by atoms with Crippen molar-refractivity contribution in [2.75, 3.05) is 13.6 Å². The van der Waals surface area contributed by atoms with Crippen LogP contribution < -0.4 is 0 Å². The average molecular weight is 209 g/mol. The van der Waals surface area contributed by atoms with Gasteiger partial charge in [0.05, 0.1) is 12.1 Å². The standard InChI is InChI=1S/C12H19NO2/c1-6(14)12-11-8-3-7(4-10(8)15)9(11)5-13(12)2/h7-12,15H,3-5H2,1-2H3/t7-,8+,9+,10?,11-,12+/m0/s1. The van der Waals surface area contributed by atoms with E-state index in [0.29, 0.717) is 23.7 Å². The molecule has 1 saturated heterocycles. The molecule has 0 aromatic rings. The van der Waals surface area contributed by atoms with E-state index < -0.39 is 0 Å². The van der Waals surface area contributed by atoms with Gasteiger partial charge in [0.15, 0.2) is 0 Å². The van der Waals surface area contributed by atoms with E-state index in [9.17, 15) is 9.90 Å². The maximum Gasteiger partial charge on any atom is 0.147 e. The molecule has 3 heteroatoms. The highest BCUT2D eigenvalue weighted by Crippen LogP contribution is 2.57. The van der Waals surface area contributed by atoms with Crippen LogP contribution in [0, 0.1) is 23.7 Å². The van der Waals surface area contributed by atoms with Crippen molar-refractivity contribution in [3.8, 4) is 0 Å². The van der Waals surface area contributed by atoms with Crippen molar-refractivity contribution in [3.63, 3.8) is 0 Å². The Hall–Kier alpha value is -0.410. The number of hydrogen-bond acceptors (Lipinski definition) is 3. The van der Waals surface area contributed by atoms with Gasteiger partial charge in [0.1, 0.15) is 5.78 Å². The fourth-order valence-electron chi connectivity index (χ4n) is 4.54. The SMILES string of the molecule is CC(=O)[C@@H]1[C@@H]2[C@H](CN1C)[C@@H]1CC(O)[C@H]2C1. The van der Waals surface area contributed by atoms with Gasteiger partial charge in [-0.15, -0.1) is 0 Å². The summed E-state index contributed by atoms with van der Waals surface area (Å²) in [5.74, 6) is 2.49. The number of carbonyl (C=O) groups is 1. The Morgan fingerprint density at radius 2 is 2.07 bits per heavy atom. The fourth-order valence-corrected chi connectivity index (χ4v) is 4.54. The number of aliphatic hydroxyl groups is 1. The lowest BCUT2D eigenvalue weighted by Crippen LogP contribution is -2.41. The molecule has 0 radical (unpaired) electrons. The van der Waals surface area contributed by atoms with E-state index in [2.05, 4.69) is 11.9 Å². The van der Waals surface area contributed by atoms with Gasteiger partial charge in [-0.3, -0.25) is 9.69 Å². The molecule has 6 atom stereocenters. The van der Waals surface area contributed by atoms with Crippen molar-refractivity contribution in [2.45, 2.75) is 31.9 Å². The predicted octanol–water partition coefficient (Wildman–Crippen LogP) is 0.522. The number of rotatable bonds is 1. The Kier molecular flexibility index (Phi) is 1.99. The number of likely N-dealkylation sites (tertiary alicyclic amines) is 1. The number of Topliss-reactive ketones (excluding diaryl/α,β-unsaturated/α-hetero) is 1. The molecule has 2 aliphatic carbocycles. The molecule has 0 amide bonds. The van der Waals surface area contributed by atoms with Gasteiger partial charge in [0.25, 0.3) is 0 Å². The van der Waals surface area contributed by atoms with Gasteiger partial charge >= 0.3 is 0 Å². The molecule has 3 aliphatic rings. The summed E-state index contributed by atoms with van der Waals surface area (Å²) in [6, 6.07) is 0.0833. The van der Waals surface area contributed by atoms with E-state index in [1.807, 2.05) is 0 Å². The molecule has 3 fully saturated rings. The third-order valence-corrected chi connectivity index (χ3v) is 4.96. The summed E-state index contributed by atoms with van der Waals surface area (Å²) in [6.07, 6.45) is 2.00. The number of fused-ring (bicyclic) bond motifs is 5. The lowest BCUT2D eigenvalue weighted by molar-refractivity contribution is -0.122. The Bertz CT molecular complexity index is 302. The molecular weight excluding hydrogens is 190 g/mol. The molecule has 0 spiro atoms. The Balaban J connectivity index is 1.91. The van der Waals surface area contributed by atoms with Crippen LogP contribution in [-0.2, 0) is 4.79 Å². The highest BCUT2D eigenvalue weighted by atomic mass is 16.3. The van der Waals surface area contributed by atoms with Crippen LogP contribution in [0.5, 0.6) is 0 Å². The molecule has 2 saturated carbocycles. The van der Waals surface area contributed by atoms with Crippen LogP contribution in [0.4, 0.5) is 0 Å². The van der Waals surface area contributed by atoms with Crippen LogP contribution in [0.3, 0.4) is 0 Å². The van der Waals surface area contributed by atoms with Crippen LogP contribution in [0.1, 0.15) is 19.8 Å². The van der Waals surface area contributed by atoms with E-state index >= 15 is 0 Å². The summed E-state index contributed by atoms with van der Waals surface area (Å²) in [7, 11) is 2.05. The van der Waals surface area contributed by atoms with Gasteiger partial charge in [-0.05, 0) is 50.5 Å². The molecule has 1 N–H and O–H groups in total. The largest absolute Gasteiger partial charge is 0.393 e. The van der Waals surface area contributed by atoms with Crippen molar-refractivity contribution in [3.05, 3.63) is 0 Å². The first-order valence-electron chi connectivity index (χ1n) is 5.98. The first-order chi connectivity index (χ1) is 7.09. The van der Waals surface area contributed by atoms with E-state index in [-0.39, 0.29) is 17.9 Å². The Labute approximate surface area is 90.5 Å². The average Bonchev–Trinajstić information content (AvgIpc) is 2.72. The Morgan fingerprint density at radius 3 is 2.73 bits per heavy atom. The molecule has 0 aromatic heterocycles. The summed E-state index contributed by atoms with van der Waals surface area (Å²) < 4.78 is 0. The molecule has 1 aliphatic heterocycles. The van der Waals surface area contributed by atoms with Gasteiger partial charge < -0.3 is 5.11 Å². The van der Waals surface area contributed by atoms with E-state index in [0.717, 1.165) is 19.4 Å². The summed E-state index contributed by atoms with van der Waals surface area (Å²) in [5, 5.41) is 9.92. The molecule has 1 heterocycles. The first-order valence-corrected chi connectivity index (χ1v) is 5.98. The number of aliphatic hydroxyl groups excluding tert-OH is 1. The second kappa shape index (κ2) is 3.05. The van der Waals surface area contributed by atoms with Gasteiger partial charge in [-0.2, -0.15) is 0 Å². The molecule has 0 aromatic carbocycles. The van der Waals surface area contributed by atoms with Gasteiger partial charge in [0, 0.05) is 6.54 Å². The summed E-state index contributed by atoms with van der Waals surface area (Å²) in [4.78, 5) is 13.9. The van der Waals surface area contributed by atoms with Crippen molar-refractivity contribution in [1.29, 1.82) is 0 Å². The van der Waals surface area contributed by atoms with Crippen LogP contribution in [0.2, 0.25) is 0 Å². The van der Waals surface area contributed by atoms with Crippen molar-refractivity contribution < 1.29 is 9.90 Å². The van der Waals surface area contributed by atoms with E-state index in [1.54, 1.807) is 6.92 Å². The van der Waals surface area contributed by atoms with Gasteiger partial charge in [0.2, 0.25) is 0 Å². The quantitative estimate of drug-likeness (QED) is 0.684. The zero-order valence-corrected chi connectivity index (χ0v) is 9.39. The van der Waals surface area contributed by atoms with Crippen LogP contribution in [0.15, 0.2) is 0 Å². The summed E-state index contributed by atoms with van der Waals surface area (Å²) >= 11 is 0. The second-order valence-electron chi connectivity index (χ2n) is 5.70. The maximum atomic E-state index is 11.7. The molecule has 2 bridgehead atoms. The third-order valence-electron chi connectivity index (χ3n) is 4.96. The number of carbonyl (C=O) groups excluding carboxylic acids is 1. The van der Waals surface area contributed by atoms with Crippen LogP contribution in [0.25, 0.3) is 0 Å². The first kappa shape index (κ1) is 9.79.